The summed E-state index contributed by atoms with van der Waals surface area (Å²) in [5.74, 6) is 1.51. The first kappa shape index (κ1) is 20.9. The van der Waals surface area contributed by atoms with E-state index >= 15 is 0 Å². The van der Waals surface area contributed by atoms with Crippen molar-refractivity contribution in [1.82, 2.24) is 10.3 Å². The molecule has 0 bridgehead atoms. The number of aryl methyl sites for hydroxylation is 1. The Balaban J connectivity index is 1.85. The predicted molar refractivity (Wildman–Crippen MR) is 118 cm³/mol. The second kappa shape index (κ2) is 9.60. The van der Waals surface area contributed by atoms with Crippen molar-refractivity contribution in [2.24, 2.45) is 0 Å². The average molecular weight is 398 g/mol. The minimum absolute atomic E-state index is 0.196. The molecular weight excluding hydrogens is 366 g/mol. The standard InChI is InChI=1S/C22H31N5O2/c1-15-11-18(29-4)9-10-19(15)26-22-12-21(20(24-3)13-25-22)27(14-28)17-7-5-16(23-2)6-8-17/h9-14,16-17,23-24H,5-8H2,1-4H3,(H,25,26). The molecule has 1 aliphatic carbocycles. The lowest BCUT2D eigenvalue weighted by Crippen LogP contribution is -2.41. The van der Waals surface area contributed by atoms with Crippen molar-refractivity contribution >= 4 is 29.3 Å². The maximum absolute atomic E-state index is 12.0. The largest absolute Gasteiger partial charge is 0.497 e. The molecule has 1 saturated carbocycles. The van der Waals surface area contributed by atoms with E-state index in [1.54, 1.807) is 13.3 Å². The zero-order valence-corrected chi connectivity index (χ0v) is 17.7. The molecule has 7 nitrogen and oxygen atoms in total. The molecule has 0 saturated heterocycles. The Morgan fingerprint density at radius 1 is 1.14 bits per heavy atom. The third-order valence-corrected chi connectivity index (χ3v) is 5.74. The van der Waals surface area contributed by atoms with Gasteiger partial charge in [0.25, 0.3) is 0 Å². The third kappa shape index (κ3) is 4.79. The fourth-order valence-corrected chi connectivity index (χ4v) is 3.94. The van der Waals surface area contributed by atoms with E-state index in [1.165, 1.54) is 0 Å². The summed E-state index contributed by atoms with van der Waals surface area (Å²) in [5.41, 5.74) is 3.69. The van der Waals surface area contributed by atoms with Gasteiger partial charge in [0, 0.05) is 30.9 Å². The molecule has 1 aromatic carbocycles. The van der Waals surface area contributed by atoms with Crippen LogP contribution in [0, 0.1) is 6.92 Å². The Morgan fingerprint density at radius 3 is 2.48 bits per heavy atom. The first-order chi connectivity index (χ1) is 14.1. The summed E-state index contributed by atoms with van der Waals surface area (Å²) in [6, 6.07) is 8.53. The quantitative estimate of drug-likeness (QED) is 0.590. The zero-order valence-electron chi connectivity index (χ0n) is 17.7. The van der Waals surface area contributed by atoms with E-state index in [9.17, 15) is 4.79 Å². The first-order valence-electron chi connectivity index (χ1n) is 10.1. The molecule has 2 aromatic rings. The van der Waals surface area contributed by atoms with Gasteiger partial charge in [-0.15, -0.1) is 0 Å². The van der Waals surface area contributed by atoms with Crippen LogP contribution in [0.1, 0.15) is 31.2 Å². The van der Waals surface area contributed by atoms with Crippen molar-refractivity contribution in [2.75, 3.05) is 36.7 Å². The van der Waals surface area contributed by atoms with Gasteiger partial charge in [-0.05, 0) is 63.4 Å². The van der Waals surface area contributed by atoms with E-state index in [4.69, 9.17) is 4.74 Å². The number of nitrogens with one attached hydrogen (secondary N) is 3. The molecule has 1 amide bonds. The van der Waals surface area contributed by atoms with Crippen molar-refractivity contribution in [3.63, 3.8) is 0 Å². The lowest BCUT2D eigenvalue weighted by Gasteiger charge is -2.35. The fourth-order valence-electron chi connectivity index (χ4n) is 3.94. The van der Waals surface area contributed by atoms with Crippen LogP contribution >= 0.6 is 0 Å². The maximum atomic E-state index is 12.0. The summed E-state index contributed by atoms with van der Waals surface area (Å²) in [7, 11) is 5.51. The Bertz CT molecular complexity index is 834. The third-order valence-electron chi connectivity index (χ3n) is 5.74. The van der Waals surface area contributed by atoms with Crippen LogP contribution in [0.25, 0.3) is 0 Å². The second-order valence-electron chi connectivity index (χ2n) is 7.45. The van der Waals surface area contributed by atoms with Crippen LogP contribution in [-0.2, 0) is 4.79 Å². The minimum Gasteiger partial charge on any atom is -0.497 e. The molecule has 0 spiro atoms. The number of benzene rings is 1. The van der Waals surface area contributed by atoms with Gasteiger partial charge < -0.3 is 25.6 Å². The van der Waals surface area contributed by atoms with E-state index in [-0.39, 0.29) is 6.04 Å². The van der Waals surface area contributed by atoms with E-state index in [0.29, 0.717) is 11.9 Å². The monoisotopic (exact) mass is 397 g/mol. The molecule has 0 unspecified atom stereocenters. The predicted octanol–water partition coefficient (Wildman–Crippen LogP) is 3.68. The number of ether oxygens (including phenoxy) is 1. The van der Waals surface area contributed by atoms with Gasteiger partial charge in [-0.3, -0.25) is 4.79 Å². The molecule has 0 radical (unpaired) electrons. The van der Waals surface area contributed by atoms with E-state index in [0.717, 1.165) is 60.5 Å². The number of rotatable bonds is 8. The van der Waals surface area contributed by atoms with Gasteiger partial charge in [-0.25, -0.2) is 4.98 Å². The molecule has 29 heavy (non-hydrogen) atoms. The number of aromatic nitrogens is 1. The molecule has 156 valence electrons. The van der Waals surface area contributed by atoms with Gasteiger partial charge in [0.05, 0.1) is 24.7 Å². The zero-order chi connectivity index (χ0) is 20.8. The molecular formula is C22H31N5O2. The van der Waals surface area contributed by atoms with Crippen molar-refractivity contribution in [1.29, 1.82) is 0 Å². The highest BCUT2D eigenvalue weighted by Crippen LogP contribution is 2.34. The first-order valence-corrected chi connectivity index (χ1v) is 10.1. The summed E-state index contributed by atoms with van der Waals surface area (Å²) < 4.78 is 5.28. The lowest BCUT2D eigenvalue weighted by atomic mass is 9.90. The maximum Gasteiger partial charge on any atom is 0.214 e. The van der Waals surface area contributed by atoms with Crippen molar-refractivity contribution < 1.29 is 9.53 Å². The fraction of sp³-hybridized carbons (Fsp3) is 0.455. The normalized spacial score (nSPS) is 18.8. The molecule has 3 rings (SSSR count). The summed E-state index contributed by atoms with van der Waals surface area (Å²) in [6.45, 7) is 2.02. The van der Waals surface area contributed by atoms with Crippen molar-refractivity contribution in [3.05, 3.63) is 36.0 Å². The average Bonchev–Trinajstić information content (AvgIpc) is 2.76. The van der Waals surface area contributed by atoms with Gasteiger partial charge in [-0.2, -0.15) is 0 Å². The summed E-state index contributed by atoms with van der Waals surface area (Å²) in [4.78, 5) is 18.4. The highest BCUT2D eigenvalue weighted by molar-refractivity contribution is 5.85. The highest BCUT2D eigenvalue weighted by atomic mass is 16.5. The highest BCUT2D eigenvalue weighted by Gasteiger charge is 2.27. The topological polar surface area (TPSA) is 78.5 Å². The second-order valence-corrected chi connectivity index (χ2v) is 7.45. The molecule has 1 heterocycles. The number of carbonyl (C=O) groups is 1. The molecule has 3 N–H and O–H groups in total. The summed E-state index contributed by atoms with van der Waals surface area (Å²) in [5, 5.41) is 9.88. The van der Waals surface area contributed by atoms with Gasteiger partial charge in [0.15, 0.2) is 0 Å². The van der Waals surface area contributed by atoms with E-state index in [1.807, 2.05) is 50.2 Å². The number of carbonyl (C=O) groups excluding carboxylic acids is 1. The van der Waals surface area contributed by atoms with Crippen LogP contribution in [0.2, 0.25) is 0 Å². The number of methoxy groups -OCH3 is 1. The molecule has 1 fully saturated rings. The van der Waals surface area contributed by atoms with Crippen LogP contribution in [0.5, 0.6) is 5.75 Å². The number of nitrogens with zero attached hydrogens (tertiary/aromatic N) is 2. The van der Waals surface area contributed by atoms with Crippen LogP contribution in [0.4, 0.5) is 22.9 Å². The summed E-state index contributed by atoms with van der Waals surface area (Å²) >= 11 is 0. The smallest absolute Gasteiger partial charge is 0.214 e. The van der Waals surface area contributed by atoms with Gasteiger partial charge >= 0.3 is 0 Å². The Morgan fingerprint density at radius 2 is 1.90 bits per heavy atom. The molecule has 7 heteroatoms. The Labute approximate surface area is 172 Å². The van der Waals surface area contributed by atoms with Crippen LogP contribution in [0.3, 0.4) is 0 Å². The minimum atomic E-state index is 0.196. The molecule has 1 aliphatic rings. The SMILES string of the molecule is CNc1cnc(Nc2ccc(OC)cc2C)cc1N(C=O)C1CCC(NC)CC1. The Kier molecular flexibility index (Phi) is 6.93. The number of amides is 1. The Hall–Kier alpha value is -2.80. The lowest BCUT2D eigenvalue weighted by molar-refractivity contribution is -0.108. The van der Waals surface area contributed by atoms with Crippen molar-refractivity contribution in [3.8, 4) is 5.75 Å². The van der Waals surface area contributed by atoms with Gasteiger partial charge in [0.2, 0.25) is 6.41 Å². The molecule has 0 aliphatic heterocycles. The van der Waals surface area contributed by atoms with Crippen molar-refractivity contribution in [2.45, 2.75) is 44.7 Å². The van der Waals surface area contributed by atoms with Gasteiger partial charge in [0.1, 0.15) is 11.6 Å². The molecule has 0 atom stereocenters. The van der Waals surface area contributed by atoms with E-state index < -0.39 is 0 Å². The van der Waals surface area contributed by atoms with Crippen LogP contribution < -0.4 is 25.6 Å². The van der Waals surface area contributed by atoms with Crippen LogP contribution in [-0.4, -0.2) is 44.7 Å². The van der Waals surface area contributed by atoms with Crippen LogP contribution in [0.15, 0.2) is 30.5 Å². The van der Waals surface area contributed by atoms with Gasteiger partial charge in [-0.1, -0.05) is 0 Å². The number of pyridine rings is 1. The number of anilines is 4. The number of hydrogen-bond acceptors (Lipinski definition) is 6. The molecule has 1 aromatic heterocycles. The number of hydrogen-bond donors (Lipinski definition) is 3. The van der Waals surface area contributed by atoms with E-state index in [2.05, 4.69) is 20.9 Å². The summed E-state index contributed by atoms with van der Waals surface area (Å²) in [6.07, 6.45) is 6.82.